The monoisotopic (exact) mass is 265 g/mol. The summed E-state index contributed by atoms with van der Waals surface area (Å²) in [6.07, 6.45) is -0.0530. The molecule has 1 N–H and O–H groups in total. The van der Waals surface area contributed by atoms with Gasteiger partial charge in [-0.05, 0) is 17.9 Å². The maximum absolute atomic E-state index is 11.8. The molecule has 1 aromatic rings. The first-order chi connectivity index (χ1) is 7.55. The molecule has 0 saturated heterocycles. The number of nitrogens with one attached hydrogen (secondary N) is 1. The maximum atomic E-state index is 11.8. The minimum Gasteiger partial charge on any atom is -0.292 e. The van der Waals surface area contributed by atoms with Gasteiger partial charge in [-0.1, -0.05) is 6.07 Å². The first kappa shape index (κ1) is 13.3. The SMILES string of the molecule is O=C(CNS(=O)(=O)CCCF)c1cccs1. The van der Waals surface area contributed by atoms with Crippen LogP contribution in [0.4, 0.5) is 4.39 Å². The summed E-state index contributed by atoms with van der Waals surface area (Å²) >= 11 is 1.26. The van der Waals surface area contributed by atoms with E-state index in [4.69, 9.17) is 0 Å². The van der Waals surface area contributed by atoms with E-state index in [9.17, 15) is 17.6 Å². The fourth-order valence-electron chi connectivity index (χ4n) is 1.02. The van der Waals surface area contributed by atoms with Crippen molar-refractivity contribution in [2.24, 2.45) is 0 Å². The van der Waals surface area contributed by atoms with Gasteiger partial charge in [0, 0.05) is 0 Å². The normalized spacial score (nSPS) is 11.6. The van der Waals surface area contributed by atoms with Gasteiger partial charge in [0.05, 0.1) is 23.8 Å². The van der Waals surface area contributed by atoms with Crippen LogP contribution in [-0.4, -0.2) is 33.2 Å². The second kappa shape index (κ2) is 6.07. The Morgan fingerprint density at radius 2 is 2.25 bits per heavy atom. The van der Waals surface area contributed by atoms with E-state index in [1.165, 1.54) is 11.3 Å². The van der Waals surface area contributed by atoms with Crippen molar-refractivity contribution in [3.05, 3.63) is 22.4 Å². The summed E-state index contributed by atoms with van der Waals surface area (Å²) in [6, 6.07) is 3.35. The number of hydrogen-bond acceptors (Lipinski definition) is 4. The summed E-state index contributed by atoms with van der Waals surface area (Å²) in [7, 11) is -3.54. The lowest BCUT2D eigenvalue weighted by Crippen LogP contribution is -2.31. The van der Waals surface area contributed by atoms with E-state index >= 15 is 0 Å². The number of carbonyl (C=O) groups is 1. The number of thiophene rings is 1. The molecule has 16 heavy (non-hydrogen) atoms. The second-order valence-corrected chi connectivity index (χ2v) is 5.96. The summed E-state index contributed by atoms with van der Waals surface area (Å²) in [6.45, 7) is -0.949. The molecule has 0 fully saturated rings. The highest BCUT2D eigenvalue weighted by atomic mass is 32.2. The van der Waals surface area contributed by atoms with Crippen LogP contribution in [0.15, 0.2) is 17.5 Å². The minimum atomic E-state index is -3.54. The van der Waals surface area contributed by atoms with Gasteiger partial charge in [-0.3, -0.25) is 9.18 Å². The van der Waals surface area contributed by atoms with Gasteiger partial charge in [0.1, 0.15) is 0 Å². The number of hydrogen-bond donors (Lipinski definition) is 1. The largest absolute Gasteiger partial charge is 0.292 e. The van der Waals surface area contributed by atoms with Crippen molar-refractivity contribution in [2.75, 3.05) is 19.0 Å². The van der Waals surface area contributed by atoms with Gasteiger partial charge in [-0.15, -0.1) is 11.3 Å². The van der Waals surface area contributed by atoms with E-state index in [0.717, 1.165) is 0 Å². The lowest BCUT2D eigenvalue weighted by Gasteiger charge is -2.03. The summed E-state index contributed by atoms with van der Waals surface area (Å²) in [5, 5.41) is 1.74. The minimum absolute atomic E-state index is 0.0530. The van der Waals surface area contributed by atoms with Crippen LogP contribution in [-0.2, 0) is 10.0 Å². The third kappa shape index (κ3) is 4.38. The molecule has 1 heterocycles. The molecular formula is C9H12FNO3S2. The lowest BCUT2D eigenvalue weighted by atomic mass is 10.3. The molecule has 0 aliphatic carbocycles. The molecule has 4 nitrogen and oxygen atoms in total. The zero-order valence-corrected chi connectivity index (χ0v) is 10.1. The number of rotatable bonds is 7. The standard InChI is InChI=1S/C9H12FNO3S2/c10-4-2-6-16(13,14)11-7-8(12)9-3-1-5-15-9/h1,3,5,11H,2,4,6-7H2. The van der Waals surface area contributed by atoms with E-state index in [1.807, 2.05) is 0 Å². The Morgan fingerprint density at radius 1 is 1.50 bits per heavy atom. The highest BCUT2D eigenvalue weighted by Crippen LogP contribution is 2.08. The molecule has 0 aliphatic heterocycles. The summed E-state index contributed by atoms with van der Waals surface area (Å²) < 4.78 is 36.4. The van der Waals surface area contributed by atoms with Gasteiger partial charge in [0.15, 0.2) is 5.78 Å². The summed E-state index contributed by atoms with van der Waals surface area (Å²) in [5.74, 6) is -0.569. The Labute approximate surface area is 97.5 Å². The average Bonchev–Trinajstić information content (AvgIpc) is 2.77. The van der Waals surface area contributed by atoms with E-state index in [2.05, 4.69) is 4.72 Å². The molecule has 0 spiro atoms. The third-order valence-electron chi connectivity index (χ3n) is 1.80. The van der Waals surface area contributed by atoms with E-state index in [1.54, 1.807) is 17.5 Å². The third-order valence-corrected chi connectivity index (χ3v) is 4.12. The van der Waals surface area contributed by atoms with Gasteiger partial charge in [-0.25, -0.2) is 13.1 Å². The molecule has 7 heteroatoms. The number of carbonyl (C=O) groups excluding carboxylic acids is 1. The zero-order chi connectivity index (χ0) is 12.0. The molecule has 0 aromatic carbocycles. The van der Waals surface area contributed by atoms with Gasteiger partial charge in [0.25, 0.3) is 0 Å². The summed E-state index contributed by atoms with van der Waals surface area (Å²) in [5.41, 5.74) is 0. The number of halogens is 1. The Bertz CT molecular complexity index is 428. The maximum Gasteiger partial charge on any atom is 0.212 e. The fraction of sp³-hybridized carbons (Fsp3) is 0.444. The van der Waals surface area contributed by atoms with Crippen molar-refractivity contribution in [2.45, 2.75) is 6.42 Å². The topological polar surface area (TPSA) is 63.2 Å². The average molecular weight is 265 g/mol. The highest BCUT2D eigenvalue weighted by molar-refractivity contribution is 7.89. The second-order valence-electron chi connectivity index (χ2n) is 3.08. The fourth-order valence-corrected chi connectivity index (χ4v) is 2.67. The van der Waals surface area contributed by atoms with Crippen LogP contribution < -0.4 is 4.72 Å². The van der Waals surface area contributed by atoms with Crippen molar-refractivity contribution >= 4 is 27.1 Å². The van der Waals surface area contributed by atoms with Crippen LogP contribution in [0.2, 0.25) is 0 Å². The Kier molecular flexibility index (Phi) is 5.04. The van der Waals surface area contributed by atoms with Crippen molar-refractivity contribution in [3.63, 3.8) is 0 Å². The predicted octanol–water partition coefficient (Wildman–Crippen LogP) is 1.21. The summed E-state index contributed by atoms with van der Waals surface area (Å²) in [4.78, 5) is 11.9. The van der Waals surface area contributed by atoms with E-state index in [-0.39, 0.29) is 24.5 Å². The van der Waals surface area contributed by atoms with Gasteiger partial charge in [-0.2, -0.15) is 0 Å². The smallest absolute Gasteiger partial charge is 0.212 e. The molecule has 0 amide bonds. The first-order valence-electron chi connectivity index (χ1n) is 4.65. The number of alkyl halides is 1. The van der Waals surface area contributed by atoms with Gasteiger partial charge in [0.2, 0.25) is 10.0 Å². The number of Topliss-reactive ketones (excluding diaryl/α,β-unsaturated/α-hetero) is 1. The first-order valence-corrected chi connectivity index (χ1v) is 7.18. The van der Waals surface area contributed by atoms with E-state index < -0.39 is 16.7 Å². The molecule has 0 unspecified atom stereocenters. The highest BCUT2D eigenvalue weighted by Gasteiger charge is 2.13. The molecule has 0 bridgehead atoms. The molecule has 1 aromatic heterocycles. The van der Waals surface area contributed by atoms with Crippen LogP contribution in [0, 0.1) is 0 Å². The van der Waals surface area contributed by atoms with Crippen LogP contribution in [0.5, 0.6) is 0 Å². The number of sulfonamides is 1. The Balaban J connectivity index is 2.43. The van der Waals surface area contributed by atoms with Crippen molar-refractivity contribution < 1.29 is 17.6 Å². The van der Waals surface area contributed by atoms with Gasteiger partial charge >= 0.3 is 0 Å². The lowest BCUT2D eigenvalue weighted by molar-refractivity contribution is 0.100. The predicted molar refractivity (Wildman–Crippen MR) is 61.0 cm³/mol. The van der Waals surface area contributed by atoms with Crippen LogP contribution >= 0.6 is 11.3 Å². The molecule has 0 atom stereocenters. The molecule has 0 saturated carbocycles. The quantitative estimate of drug-likeness (QED) is 0.754. The Morgan fingerprint density at radius 3 is 2.81 bits per heavy atom. The Hall–Kier alpha value is -0.790. The number of ketones is 1. The molecular weight excluding hydrogens is 253 g/mol. The molecule has 90 valence electrons. The van der Waals surface area contributed by atoms with Crippen molar-refractivity contribution in [3.8, 4) is 0 Å². The zero-order valence-electron chi connectivity index (χ0n) is 8.48. The molecule has 0 aliphatic rings. The van der Waals surface area contributed by atoms with Gasteiger partial charge < -0.3 is 0 Å². The van der Waals surface area contributed by atoms with Crippen molar-refractivity contribution in [1.82, 2.24) is 4.72 Å². The van der Waals surface area contributed by atoms with E-state index in [0.29, 0.717) is 4.88 Å². The molecule has 0 radical (unpaired) electrons. The van der Waals surface area contributed by atoms with Crippen LogP contribution in [0.3, 0.4) is 0 Å². The molecule has 1 rings (SSSR count). The van der Waals surface area contributed by atoms with Crippen molar-refractivity contribution in [1.29, 1.82) is 0 Å². The van der Waals surface area contributed by atoms with Crippen LogP contribution in [0.25, 0.3) is 0 Å². The van der Waals surface area contributed by atoms with Crippen LogP contribution in [0.1, 0.15) is 16.1 Å².